The van der Waals surface area contributed by atoms with E-state index in [0.29, 0.717) is 0 Å². The first-order valence-corrected chi connectivity index (χ1v) is 3.65. The molecular formula is C5H10N4S. The van der Waals surface area contributed by atoms with Crippen LogP contribution in [-0.2, 0) is 0 Å². The SMILES string of the molecule is CN(C)Nc1ncc(N)s1. The van der Waals surface area contributed by atoms with Crippen molar-refractivity contribution in [1.82, 2.24) is 9.99 Å². The van der Waals surface area contributed by atoms with Gasteiger partial charge in [-0.05, 0) is 0 Å². The normalized spacial score (nSPS) is 10.3. The molecule has 1 aromatic heterocycles. The lowest BCUT2D eigenvalue weighted by Gasteiger charge is -2.08. The molecule has 0 amide bonds. The van der Waals surface area contributed by atoms with E-state index >= 15 is 0 Å². The summed E-state index contributed by atoms with van der Waals surface area (Å²) in [6, 6.07) is 0. The van der Waals surface area contributed by atoms with Crippen LogP contribution in [0.3, 0.4) is 0 Å². The average Bonchev–Trinajstić information content (AvgIpc) is 2.13. The van der Waals surface area contributed by atoms with Crippen LogP contribution in [0, 0.1) is 0 Å². The summed E-state index contributed by atoms with van der Waals surface area (Å²) < 4.78 is 0. The third-order valence-electron chi connectivity index (χ3n) is 0.843. The molecule has 0 saturated carbocycles. The number of nitrogens with zero attached hydrogens (tertiary/aromatic N) is 2. The van der Waals surface area contributed by atoms with E-state index in [1.54, 1.807) is 6.20 Å². The van der Waals surface area contributed by atoms with Crippen molar-refractivity contribution in [3.05, 3.63) is 6.20 Å². The van der Waals surface area contributed by atoms with Gasteiger partial charge >= 0.3 is 0 Å². The Bertz CT molecular complexity index is 207. The predicted octanol–water partition coefficient (Wildman–Crippen LogP) is 0.614. The molecule has 0 aliphatic heterocycles. The standard InChI is InChI=1S/C5H10N4S/c1-9(2)8-5-7-3-4(6)10-5/h3H,6H2,1-2H3,(H,7,8). The fourth-order valence-corrected chi connectivity index (χ4v) is 1.19. The minimum atomic E-state index is 0.726. The molecule has 0 aliphatic carbocycles. The van der Waals surface area contributed by atoms with Crippen molar-refractivity contribution in [3.8, 4) is 0 Å². The molecule has 0 unspecified atom stereocenters. The van der Waals surface area contributed by atoms with Crippen LogP contribution < -0.4 is 11.2 Å². The van der Waals surface area contributed by atoms with Gasteiger partial charge in [0.2, 0.25) is 0 Å². The van der Waals surface area contributed by atoms with Crippen molar-refractivity contribution in [3.63, 3.8) is 0 Å². The molecule has 0 radical (unpaired) electrons. The lowest BCUT2D eigenvalue weighted by molar-refractivity contribution is 0.495. The Kier molecular flexibility index (Phi) is 2.08. The van der Waals surface area contributed by atoms with Gasteiger partial charge in [0, 0.05) is 14.1 Å². The van der Waals surface area contributed by atoms with Gasteiger partial charge in [-0.2, -0.15) is 0 Å². The van der Waals surface area contributed by atoms with Crippen molar-refractivity contribution in [2.45, 2.75) is 0 Å². The van der Waals surface area contributed by atoms with E-state index in [-0.39, 0.29) is 0 Å². The van der Waals surface area contributed by atoms with Gasteiger partial charge in [0.1, 0.15) is 5.00 Å². The Labute approximate surface area is 63.6 Å². The third-order valence-corrected chi connectivity index (χ3v) is 1.57. The number of hydrogen-bond donors (Lipinski definition) is 2. The van der Waals surface area contributed by atoms with Gasteiger partial charge in [-0.1, -0.05) is 11.3 Å². The molecule has 10 heavy (non-hydrogen) atoms. The number of hydrogen-bond acceptors (Lipinski definition) is 5. The van der Waals surface area contributed by atoms with Gasteiger partial charge in [0.25, 0.3) is 0 Å². The lowest BCUT2D eigenvalue weighted by atomic mass is 10.9. The molecule has 0 aromatic carbocycles. The van der Waals surface area contributed by atoms with Crippen LogP contribution in [0.4, 0.5) is 10.1 Å². The van der Waals surface area contributed by atoms with Crippen LogP contribution in [0.2, 0.25) is 0 Å². The molecule has 0 saturated heterocycles. The highest BCUT2D eigenvalue weighted by Crippen LogP contribution is 2.19. The number of nitrogens with one attached hydrogen (secondary N) is 1. The van der Waals surface area contributed by atoms with Gasteiger partial charge in [0.05, 0.1) is 6.20 Å². The first-order valence-electron chi connectivity index (χ1n) is 2.84. The first-order chi connectivity index (χ1) is 4.68. The minimum absolute atomic E-state index is 0.726. The summed E-state index contributed by atoms with van der Waals surface area (Å²) in [5.74, 6) is 0. The van der Waals surface area contributed by atoms with E-state index in [0.717, 1.165) is 10.1 Å². The maximum absolute atomic E-state index is 5.45. The van der Waals surface area contributed by atoms with Gasteiger partial charge in [0.15, 0.2) is 5.13 Å². The molecule has 1 heterocycles. The first kappa shape index (κ1) is 7.30. The number of aromatic nitrogens is 1. The third kappa shape index (κ3) is 1.85. The minimum Gasteiger partial charge on any atom is -0.389 e. The maximum Gasteiger partial charge on any atom is 0.199 e. The van der Waals surface area contributed by atoms with E-state index in [2.05, 4.69) is 10.4 Å². The van der Waals surface area contributed by atoms with Crippen molar-refractivity contribution < 1.29 is 0 Å². The molecular weight excluding hydrogens is 148 g/mol. The van der Waals surface area contributed by atoms with Crippen LogP contribution >= 0.6 is 11.3 Å². The predicted molar refractivity (Wildman–Crippen MR) is 43.8 cm³/mol. The van der Waals surface area contributed by atoms with Gasteiger partial charge in [-0.15, -0.1) is 0 Å². The van der Waals surface area contributed by atoms with Crippen LogP contribution in [-0.4, -0.2) is 24.1 Å². The van der Waals surface area contributed by atoms with E-state index < -0.39 is 0 Å². The van der Waals surface area contributed by atoms with E-state index in [1.165, 1.54) is 11.3 Å². The monoisotopic (exact) mass is 158 g/mol. The topological polar surface area (TPSA) is 54.2 Å². The number of rotatable bonds is 2. The summed E-state index contributed by atoms with van der Waals surface area (Å²) in [6.45, 7) is 0. The highest BCUT2D eigenvalue weighted by Gasteiger charge is 1.96. The van der Waals surface area contributed by atoms with E-state index in [1.807, 2.05) is 19.1 Å². The van der Waals surface area contributed by atoms with Crippen molar-refractivity contribution in [2.24, 2.45) is 0 Å². The Hall–Kier alpha value is -0.810. The Morgan fingerprint density at radius 2 is 2.40 bits per heavy atom. The molecule has 56 valence electrons. The lowest BCUT2D eigenvalue weighted by Crippen LogP contribution is -2.19. The Balaban J connectivity index is 2.58. The summed E-state index contributed by atoms with van der Waals surface area (Å²) in [5.41, 5.74) is 8.44. The average molecular weight is 158 g/mol. The van der Waals surface area contributed by atoms with Gasteiger partial charge in [-0.25, -0.2) is 9.99 Å². The smallest absolute Gasteiger partial charge is 0.199 e. The Morgan fingerprint density at radius 1 is 1.70 bits per heavy atom. The van der Waals surface area contributed by atoms with Crippen LogP contribution in [0.5, 0.6) is 0 Å². The number of nitrogen functional groups attached to an aromatic ring is 1. The molecule has 0 fully saturated rings. The number of anilines is 2. The zero-order valence-electron chi connectivity index (χ0n) is 5.96. The highest BCUT2D eigenvalue weighted by molar-refractivity contribution is 7.19. The number of hydrazine groups is 1. The molecule has 0 spiro atoms. The highest BCUT2D eigenvalue weighted by atomic mass is 32.1. The molecule has 5 heteroatoms. The number of thiazole rings is 1. The summed E-state index contributed by atoms with van der Waals surface area (Å²) in [7, 11) is 3.80. The molecule has 0 bridgehead atoms. The summed E-state index contributed by atoms with van der Waals surface area (Å²) in [4.78, 5) is 4.00. The molecule has 1 aromatic rings. The van der Waals surface area contributed by atoms with Crippen LogP contribution in [0.25, 0.3) is 0 Å². The van der Waals surface area contributed by atoms with Gasteiger partial charge < -0.3 is 5.73 Å². The summed E-state index contributed by atoms with van der Waals surface area (Å²) >= 11 is 1.43. The zero-order valence-corrected chi connectivity index (χ0v) is 6.77. The molecule has 4 nitrogen and oxygen atoms in total. The van der Waals surface area contributed by atoms with Gasteiger partial charge in [-0.3, -0.25) is 5.43 Å². The molecule has 0 aliphatic rings. The Morgan fingerprint density at radius 3 is 2.80 bits per heavy atom. The number of nitrogens with two attached hydrogens (primary N) is 1. The van der Waals surface area contributed by atoms with Crippen molar-refractivity contribution in [1.29, 1.82) is 0 Å². The van der Waals surface area contributed by atoms with E-state index in [9.17, 15) is 0 Å². The molecule has 3 N–H and O–H groups in total. The quantitative estimate of drug-likeness (QED) is 0.619. The summed E-state index contributed by atoms with van der Waals surface area (Å²) in [5, 5.41) is 3.37. The fraction of sp³-hybridized carbons (Fsp3) is 0.400. The molecule has 1 rings (SSSR count). The van der Waals surface area contributed by atoms with Crippen molar-refractivity contribution in [2.75, 3.05) is 25.3 Å². The molecule has 0 atom stereocenters. The maximum atomic E-state index is 5.45. The second-order valence-electron chi connectivity index (χ2n) is 2.07. The zero-order chi connectivity index (χ0) is 7.56. The van der Waals surface area contributed by atoms with Crippen molar-refractivity contribution >= 4 is 21.5 Å². The largest absolute Gasteiger partial charge is 0.389 e. The fourth-order valence-electron chi connectivity index (χ4n) is 0.530. The second-order valence-corrected chi connectivity index (χ2v) is 3.14. The van der Waals surface area contributed by atoms with Crippen LogP contribution in [0.15, 0.2) is 6.20 Å². The summed E-state index contributed by atoms with van der Waals surface area (Å²) in [6.07, 6.45) is 1.64. The second kappa shape index (κ2) is 2.85. The van der Waals surface area contributed by atoms with E-state index in [4.69, 9.17) is 5.73 Å². The van der Waals surface area contributed by atoms with Crippen LogP contribution in [0.1, 0.15) is 0 Å².